The summed E-state index contributed by atoms with van der Waals surface area (Å²) in [6.45, 7) is 3.10. The maximum absolute atomic E-state index is 11.4. The minimum absolute atomic E-state index is 0.0248. The van der Waals surface area contributed by atoms with Crippen LogP contribution in [0.3, 0.4) is 0 Å². The summed E-state index contributed by atoms with van der Waals surface area (Å²) in [6.07, 6.45) is -2.31. The Bertz CT molecular complexity index is 357. The van der Waals surface area contributed by atoms with Crippen molar-refractivity contribution in [2.75, 3.05) is 26.4 Å². The van der Waals surface area contributed by atoms with Gasteiger partial charge in [-0.3, -0.25) is 5.26 Å². The van der Waals surface area contributed by atoms with Gasteiger partial charge in [-0.25, -0.2) is 14.5 Å². The predicted octanol–water partition coefficient (Wildman–Crippen LogP) is 0.666. The molecule has 2 atom stereocenters. The van der Waals surface area contributed by atoms with E-state index in [0.717, 1.165) is 0 Å². The van der Waals surface area contributed by atoms with E-state index in [0.29, 0.717) is 0 Å². The van der Waals surface area contributed by atoms with E-state index in [4.69, 9.17) is 20.3 Å². The predicted molar refractivity (Wildman–Crippen MR) is 64.5 cm³/mol. The number of esters is 2. The number of hydrogen-bond donors (Lipinski definition) is 1. The van der Waals surface area contributed by atoms with Crippen LogP contribution in [-0.2, 0) is 28.7 Å². The van der Waals surface area contributed by atoms with E-state index in [2.05, 4.69) is 19.7 Å². The van der Waals surface area contributed by atoms with Crippen LogP contribution >= 0.6 is 0 Å². The number of nitrogens with zero attached hydrogens (tertiary/aromatic N) is 3. The van der Waals surface area contributed by atoms with Crippen molar-refractivity contribution in [3.05, 3.63) is 10.4 Å². The van der Waals surface area contributed by atoms with Crippen LogP contribution < -0.4 is 0 Å². The normalized spacial score (nSPS) is 12.9. The van der Waals surface area contributed by atoms with E-state index < -0.39 is 24.1 Å². The van der Waals surface area contributed by atoms with Gasteiger partial charge in [-0.05, 0) is 19.4 Å². The summed E-state index contributed by atoms with van der Waals surface area (Å²) in [6, 6.07) is 0. The Morgan fingerprint density at radius 3 is 2.50 bits per heavy atom. The third-order valence-corrected chi connectivity index (χ3v) is 1.99. The summed E-state index contributed by atoms with van der Waals surface area (Å²) >= 11 is 0. The van der Waals surface area contributed by atoms with Crippen LogP contribution in [-0.4, -0.2) is 55.8 Å². The topological polar surface area (TPSA) is 140 Å². The van der Waals surface area contributed by atoms with Gasteiger partial charge in [-0.1, -0.05) is 5.11 Å². The molecule has 2 unspecified atom stereocenters. The zero-order valence-corrected chi connectivity index (χ0v) is 11.2. The summed E-state index contributed by atoms with van der Waals surface area (Å²) in [5, 5.41) is 11.5. The van der Waals surface area contributed by atoms with Gasteiger partial charge in [0.15, 0.2) is 12.2 Å². The molecule has 0 aliphatic heterocycles. The zero-order valence-electron chi connectivity index (χ0n) is 11.2. The Hall–Kier alpha value is -1.87. The van der Waals surface area contributed by atoms with E-state index >= 15 is 0 Å². The van der Waals surface area contributed by atoms with Crippen molar-refractivity contribution < 1.29 is 33.9 Å². The largest absolute Gasteiger partial charge is 0.461 e. The molecule has 0 rings (SSSR count). The standard InChI is InChI=1S/C10H17N3O7/c1-7(19-10(15)8(2)20-16)9(14)18-6-5-17-4-3-12-13-11/h7-8,16H,3-6H2,1-2H3. The molecule has 0 fully saturated rings. The highest BCUT2D eigenvalue weighted by molar-refractivity contribution is 5.80. The Labute approximate surface area is 115 Å². The van der Waals surface area contributed by atoms with Gasteiger partial charge in [-0.2, -0.15) is 0 Å². The molecule has 0 radical (unpaired) electrons. The number of hydrogen-bond acceptors (Lipinski definition) is 8. The number of rotatable bonds is 10. The molecule has 0 saturated carbocycles. The fourth-order valence-corrected chi connectivity index (χ4v) is 0.932. The van der Waals surface area contributed by atoms with Crippen LogP contribution in [0.5, 0.6) is 0 Å². The fourth-order valence-electron chi connectivity index (χ4n) is 0.932. The van der Waals surface area contributed by atoms with Gasteiger partial charge >= 0.3 is 11.9 Å². The van der Waals surface area contributed by atoms with Gasteiger partial charge in [-0.15, -0.1) is 0 Å². The summed E-state index contributed by atoms with van der Waals surface area (Å²) < 4.78 is 14.5. The minimum atomic E-state index is -1.19. The van der Waals surface area contributed by atoms with Crippen LogP contribution in [0, 0.1) is 0 Å². The van der Waals surface area contributed by atoms with Crippen LogP contribution in [0.2, 0.25) is 0 Å². The highest BCUT2D eigenvalue weighted by atomic mass is 17.1. The molecule has 0 saturated heterocycles. The number of ether oxygens (including phenoxy) is 3. The molecule has 0 aliphatic rings. The third-order valence-electron chi connectivity index (χ3n) is 1.99. The molecule has 0 aromatic carbocycles. The zero-order chi connectivity index (χ0) is 15.4. The Balaban J connectivity index is 3.75. The van der Waals surface area contributed by atoms with Crippen molar-refractivity contribution >= 4 is 11.9 Å². The molecular weight excluding hydrogens is 274 g/mol. The van der Waals surface area contributed by atoms with Crippen molar-refractivity contribution in [2.24, 2.45) is 5.11 Å². The monoisotopic (exact) mass is 291 g/mol. The highest BCUT2D eigenvalue weighted by Gasteiger charge is 2.23. The van der Waals surface area contributed by atoms with Gasteiger partial charge in [0.2, 0.25) is 0 Å². The molecule has 0 heterocycles. The van der Waals surface area contributed by atoms with Gasteiger partial charge < -0.3 is 14.2 Å². The molecule has 10 nitrogen and oxygen atoms in total. The van der Waals surface area contributed by atoms with Gasteiger partial charge in [0, 0.05) is 11.5 Å². The lowest BCUT2D eigenvalue weighted by Crippen LogP contribution is -2.32. The molecule has 0 aromatic heterocycles. The van der Waals surface area contributed by atoms with Crippen LogP contribution in [0.25, 0.3) is 10.4 Å². The molecule has 10 heteroatoms. The summed E-state index contributed by atoms with van der Waals surface area (Å²) in [5.41, 5.74) is 8.00. The summed E-state index contributed by atoms with van der Waals surface area (Å²) in [7, 11) is 0. The molecule has 114 valence electrons. The number of carbonyl (C=O) groups excluding carboxylic acids is 2. The summed E-state index contributed by atoms with van der Waals surface area (Å²) in [4.78, 5) is 28.9. The van der Waals surface area contributed by atoms with E-state index in [-0.39, 0.29) is 26.4 Å². The first-order valence-electron chi connectivity index (χ1n) is 5.78. The van der Waals surface area contributed by atoms with Crippen molar-refractivity contribution in [3.63, 3.8) is 0 Å². The van der Waals surface area contributed by atoms with Crippen molar-refractivity contribution in [1.82, 2.24) is 0 Å². The first-order valence-corrected chi connectivity index (χ1v) is 5.78. The second kappa shape index (κ2) is 11.0. The Morgan fingerprint density at radius 2 is 1.90 bits per heavy atom. The fraction of sp³-hybridized carbons (Fsp3) is 0.800. The molecule has 0 bridgehead atoms. The first kappa shape index (κ1) is 18.1. The van der Waals surface area contributed by atoms with Crippen molar-refractivity contribution in [3.8, 4) is 0 Å². The first-order chi connectivity index (χ1) is 9.52. The van der Waals surface area contributed by atoms with Gasteiger partial charge in [0.05, 0.1) is 13.2 Å². The Kier molecular flexibility index (Phi) is 9.97. The van der Waals surface area contributed by atoms with Gasteiger partial charge in [0.25, 0.3) is 0 Å². The second-order valence-electron chi connectivity index (χ2n) is 3.56. The lowest BCUT2D eigenvalue weighted by atomic mass is 10.4. The second-order valence-corrected chi connectivity index (χ2v) is 3.56. The maximum Gasteiger partial charge on any atom is 0.347 e. The van der Waals surface area contributed by atoms with Gasteiger partial charge in [0.1, 0.15) is 6.61 Å². The van der Waals surface area contributed by atoms with Crippen molar-refractivity contribution in [1.29, 1.82) is 0 Å². The lowest BCUT2D eigenvalue weighted by molar-refractivity contribution is -0.274. The van der Waals surface area contributed by atoms with Crippen molar-refractivity contribution in [2.45, 2.75) is 26.1 Å². The molecule has 0 aromatic rings. The molecule has 1 N–H and O–H groups in total. The van der Waals surface area contributed by atoms with E-state index in [9.17, 15) is 9.59 Å². The molecule has 0 spiro atoms. The smallest absolute Gasteiger partial charge is 0.347 e. The van der Waals surface area contributed by atoms with Crippen LogP contribution in [0.4, 0.5) is 0 Å². The van der Waals surface area contributed by atoms with E-state index in [1.165, 1.54) is 13.8 Å². The number of azide groups is 1. The maximum atomic E-state index is 11.4. The summed E-state index contributed by atoms with van der Waals surface area (Å²) in [5.74, 6) is -1.63. The third kappa shape index (κ3) is 8.27. The molecular formula is C10H17N3O7. The SMILES string of the molecule is CC(OO)C(=O)OC(C)C(=O)OCCOCCN=[N+]=[N-]. The molecule has 0 aliphatic carbocycles. The van der Waals surface area contributed by atoms with E-state index in [1.54, 1.807) is 0 Å². The quantitative estimate of drug-likeness (QED) is 0.118. The average Bonchev–Trinajstić information content (AvgIpc) is 2.44. The molecule has 20 heavy (non-hydrogen) atoms. The van der Waals surface area contributed by atoms with E-state index in [1.807, 2.05) is 0 Å². The molecule has 0 amide bonds. The number of carbonyl (C=O) groups is 2. The van der Waals surface area contributed by atoms with Crippen LogP contribution in [0.15, 0.2) is 5.11 Å². The Morgan fingerprint density at radius 1 is 1.20 bits per heavy atom. The minimum Gasteiger partial charge on any atom is -0.461 e. The highest BCUT2D eigenvalue weighted by Crippen LogP contribution is 2.00. The van der Waals surface area contributed by atoms with Crippen LogP contribution in [0.1, 0.15) is 13.8 Å². The average molecular weight is 291 g/mol. The lowest BCUT2D eigenvalue weighted by Gasteiger charge is -2.14.